The number of anilines is 4. The maximum absolute atomic E-state index is 13.9. The summed E-state index contributed by atoms with van der Waals surface area (Å²) in [6.45, 7) is 1.66. The van der Waals surface area contributed by atoms with Crippen LogP contribution < -0.4 is 32.7 Å². The first-order valence-electron chi connectivity index (χ1n) is 10.8. The molecule has 0 aromatic heterocycles. The van der Waals surface area contributed by atoms with Crippen molar-refractivity contribution in [1.82, 2.24) is 0 Å². The molecule has 0 saturated heterocycles. The van der Waals surface area contributed by atoms with Gasteiger partial charge < -0.3 is 26.7 Å². The van der Waals surface area contributed by atoms with Gasteiger partial charge in [0.1, 0.15) is 7.14 Å². The van der Waals surface area contributed by atoms with Crippen LogP contribution in [0.2, 0.25) is 0 Å². The van der Waals surface area contributed by atoms with Crippen LogP contribution in [0.1, 0.15) is 20.7 Å². The van der Waals surface area contributed by atoms with E-state index in [2.05, 4.69) is 10.6 Å². The second kappa shape index (κ2) is 9.87. The van der Waals surface area contributed by atoms with Crippen LogP contribution in [0.15, 0.2) is 97.1 Å². The summed E-state index contributed by atoms with van der Waals surface area (Å²) in [4.78, 5) is 25.2. The second-order valence-electron chi connectivity index (χ2n) is 8.18. The first-order valence-corrected chi connectivity index (χ1v) is 13.0. The van der Waals surface area contributed by atoms with Crippen LogP contribution in [0.5, 0.6) is 0 Å². The normalized spacial score (nSPS) is 11.0. The maximum atomic E-state index is 13.9. The number of hydrogen-bond acceptors (Lipinski definition) is 5. The molecule has 0 unspecified atom stereocenters. The molecule has 2 amide bonds. The predicted molar refractivity (Wildman–Crippen MR) is 143 cm³/mol. The van der Waals surface area contributed by atoms with Crippen molar-refractivity contribution < 1.29 is 14.2 Å². The van der Waals surface area contributed by atoms with E-state index >= 15 is 0 Å². The Hall–Kier alpha value is -4.35. The van der Waals surface area contributed by atoms with Crippen molar-refractivity contribution >= 4 is 52.3 Å². The van der Waals surface area contributed by atoms with Crippen LogP contribution in [-0.2, 0) is 4.57 Å². The number of amides is 2. The van der Waals surface area contributed by atoms with Crippen LogP contribution in [0.25, 0.3) is 0 Å². The highest BCUT2D eigenvalue weighted by molar-refractivity contribution is 7.78. The summed E-state index contributed by atoms with van der Waals surface area (Å²) < 4.78 is 13.9. The van der Waals surface area contributed by atoms with Crippen molar-refractivity contribution in [3.05, 3.63) is 108 Å². The molecule has 0 aliphatic rings. The molecular weight excluding hydrogens is 459 g/mol. The van der Waals surface area contributed by atoms with E-state index in [4.69, 9.17) is 11.5 Å². The highest BCUT2D eigenvalue weighted by atomic mass is 31.2. The zero-order chi connectivity index (χ0) is 25.0. The molecule has 0 fully saturated rings. The summed E-state index contributed by atoms with van der Waals surface area (Å²) in [5.41, 5.74) is 14.4. The van der Waals surface area contributed by atoms with Crippen LogP contribution in [0, 0.1) is 0 Å². The molecule has 0 saturated carbocycles. The molecule has 6 N–H and O–H groups in total. The molecule has 8 heteroatoms. The lowest BCUT2D eigenvalue weighted by atomic mass is 10.2. The van der Waals surface area contributed by atoms with Crippen molar-refractivity contribution in [3.8, 4) is 0 Å². The topological polar surface area (TPSA) is 127 Å². The number of nitrogens with one attached hydrogen (secondary N) is 2. The van der Waals surface area contributed by atoms with Crippen molar-refractivity contribution in [2.24, 2.45) is 0 Å². The monoisotopic (exact) mass is 484 g/mol. The maximum Gasteiger partial charge on any atom is 0.255 e. The van der Waals surface area contributed by atoms with Gasteiger partial charge in [0, 0.05) is 44.5 Å². The fraction of sp³-hybridized carbons (Fsp3) is 0.0370. The number of carbonyl (C=O) groups is 2. The lowest BCUT2D eigenvalue weighted by Gasteiger charge is -2.17. The number of nitrogens with two attached hydrogens (primary N) is 2. The van der Waals surface area contributed by atoms with E-state index in [-0.39, 0.29) is 11.8 Å². The van der Waals surface area contributed by atoms with Gasteiger partial charge in [0.2, 0.25) is 0 Å². The highest BCUT2D eigenvalue weighted by Gasteiger charge is 2.22. The SMILES string of the molecule is CP(=O)(c1cccc(NC(=O)c2cccc(N)c2)c1)c1cccc(NC(=O)c2cccc(N)c2)c1. The molecule has 0 heterocycles. The molecule has 4 rings (SSSR count). The first kappa shape index (κ1) is 23.8. The van der Waals surface area contributed by atoms with Crippen LogP contribution in [-0.4, -0.2) is 18.5 Å². The van der Waals surface area contributed by atoms with Gasteiger partial charge in [-0.1, -0.05) is 36.4 Å². The fourth-order valence-corrected chi connectivity index (χ4v) is 5.42. The van der Waals surface area contributed by atoms with E-state index in [0.717, 1.165) is 0 Å². The van der Waals surface area contributed by atoms with Crippen LogP contribution in [0.3, 0.4) is 0 Å². The third-order valence-electron chi connectivity index (χ3n) is 5.49. The van der Waals surface area contributed by atoms with Gasteiger partial charge in [-0.05, 0) is 67.3 Å². The Morgan fingerprint density at radius 2 is 1.03 bits per heavy atom. The van der Waals surface area contributed by atoms with Crippen molar-refractivity contribution in [2.75, 3.05) is 28.8 Å². The number of nitrogen functional groups attached to an aromatic ring is 2. The summed E-state index contributed by atoms with van der Waals surface area (Å²) in [5.74, 6) is -0.627. The summed E-state index contributed by atoms with van der Waals surface area (Å²) in [6.07, 6.45) is 0. The van der Waals surface area contributed by atoms with Crippen molar-refractivity contribution in [2.45, 2.75) is 0 Å². The van der Waals surface area contributed by atoms with Crippen LogP contribution in [0.4, 0.5) is 22.7 Å². The van der Waals surface area contributed by atoms with Gasteiger partial charge in [0.15, 0.2) is 0 Å². The fourth-order valence-electron chi connectivity index (χ4n) is 3.61. The average Bonchev–Trinajstić information content (AvgIpc) is 2.84. The van der Waals surface area contributed by atoms with Gasteiger partial charge in [0.25, 0.3) is 11.8 Å². The van der Waals surface area contributed by atoms with E-state index in [1.54, 1.807) is 104 Å². The molecule has 0 atom stereocenters. The van der Waals surface area contributed by atoms with Crippen LogP contribution >= 0.6 is 7.14 Å². The Kier molecular flexibility index (Phi) is 6.71. The molecule has 0 bridgehead atoms. The lowest BCUT2D eigenvalue weighted by Crippen LogP contribution is -2.19. The zero-order valence-corrected chi connectivity index (χ0v) is 20.0. The Labute approximate surface area is 203 Å². The first-order chi connectivity index (χ1) is 16.7. The van der Waals surface area contributed by atoms with Gasteiger partial charge in [-0.25, -0.2) is 0 Å². The van der Waals surface area contributed by atoms with Gasteiger partial charge in [-0.15, -0.1) is 0 Å². The molecule has 176 valence electrons. The number of benzene rings is 4. The number of hydrogen-bond donors (Lipinski definition) is 4. The largest absolute Gasteiger partial charge is 0.399 e. The quantitative estimate of drug-likeness (QED) is 0.240. The van der Waals surface area contributed by atoms with E-state index in [1.807, 2.05) is 0 Å². The third-order valence-corrected chi connectivity index (χ3v) is 8.02. The molecule has 7 nitrogen and oxygen atoms in total. The average molecular weight is 484 g/mol. The molecule has 35 heavy (non-hydrogen) atoms. The van der Waals surface area contributed by atoms with Gasteiger partial charge in [-0.3, -0.25) is 9.59 Å². The summed E-state index contributed by atoms with van der Waals surface area (Å²) in [7, 11) is -3.04. The second-order valence-corrected chi connectivity index (χ2v) is 11.1. The molecule has 0 radical (unpaired) electrons. The third kappa shape index (κ3) is 5.60. The minimum Gasteiger partial charge on any atom is -0.399 e. The zero-order valence-electron chi connectivity index (χ0n) is 19.1. The van der Waals surface area contributed by atoms with E-state index in [0.29, 0.717) is 44.5 Å². The molecule has 4 aromatic carbocycles. The van der Waals surface area contributed by atoms with Crippen molar-refractivity contribution in [1.29, 1.82) is 0 Å². The van der Waals surface area contributed by atoms with Gasteiger partial charge in [-0.2, -0.15) is 0 Å². The summed E-state index contributed by atoms with van der Waals surface area (Å²) in [6, 6.07) is 27.2. The number of carbonyl (C=O) groups excluding carboxylic acids is 2. The summed E-state index contributed by atoms with van der Waals surface area (Å²) in [5, 5.41) is 6.80. The van der Waals surface area contributed by atoms with Gasteiger partial charge >= 0.3 is 0 Å². The lowest BCUT2D eigenvalue weighted by molar-refractivity contribution is 0.101. The highest BCUT2D eigenvalue weighted by Crippen LogP contribution is 2.40. The number of rotatable bonds is 6. The summed E-state index contributed by atoms with van der Waals surface area (Å²) >= 11 is 0. The molecular formula is C27H25N4O3P. The van der Waals surface area contributed by atoms with E-state index < -0.39 is 7.14 Å². The van der Waals surface area contributed by atoms with Gasteiger partial charge in [0.05, 0.1) is 0 Å². The van der Waals surface area contributed by atoms with Crippen molar-refractivity contribution in [3.63, 3.8) is 0 Å². The predicted octanol–water partition coefficient (Wildman–Crippen LogP) is 4.30. The Morgan fingerprint density at radius 1 is 0.629 bits per heavy atom. The Balaban J connectivity index is 1.55. The molecule has 0 aliphatic heterocycles. The minimum absolute atomic E-state index is 0.313. The van der Waals surface area contributed by atoms with E-state index in [1.165, 1.54) is 0 Å². The Bertz CT molecular complexity index is 1360. The smallest absolute Gasteiger partial charge is 0.255 e. The standard InChI is InChI=1S/C27H25N4O3P/c1-35(34,24-12-4-10-22(16-24)30-26(32)18-6-2-8-20(28)14-18)25-13-5-11-23(17-25)31-27(33)19-7-3-9-21(29)15-19/h2-17H,28-29H2,1H3,(H,30,32)(H,31,33). The van der Waals surface area contributed by atoms with E-state index in [9.17, 15) is 14.2 Å². The molecule has 4 aromatic rings. The minimum atomic E-state index is -3.04. The Morgan fingerprint density at radius 3 is 1.43 bits per heavy atom. The molecule has 0 aliphatic carbocycles. The molecule has 0 spiro atoms.